The van der Waals surface area contributed by atoms with Crippen LogP contribution in [0, 0.1) is 5.92 Å². The zero-order valence-corrected chi connectivity index (χ0v) is 12.9. The van der Waals surface area contributed by atoms with Gasteiger partial charge in [-0.3, -0.25) is 14.3 Å². The molecule has 3 rings (SSSR count). The fourth-order valence-corrected chi connectivity index (χ4v) is 3.38. The predicted octanol–water partition coefficient (Wildman–Crippen LogP) is 0.113. The maximum Gasteiger partial charge on any atom is 0.246 e. The van der Waals surface area contributed by atoms with E-state index in [0.717, 1.165) is 24.9 Å². The highest BCUT2D eigenvalue weighted by atomic mass is 16.2. The maximum absolute atomic E-state index is 12.4. The van der Waals surface area contributed by atoms with Crippen molar-refractivity contribution >= 4 is 17.5 Å². The lowest BCUT2D eigenvalue weighted by atomic mass is 9.99. The van der Waals surface area contributed by atoms with E-state index < -0.39 is 0 Å². The van der Waals surface area contributed by atoms with Gasteiger partial charge < -0.3 is 15.5 Å². The molecule has 22 heavy (non-hydrogen) atoms. The molecule has 1 aliphatic carbocycles. The number of aryl methyl sites for hydroxylation is 1. The first-order valence-corrected chi connectivity index (χ1v) is 7.87. The van der Waals surface area contributed by atoms with Crippen LogP contribution in [0.15, 0.2) is 12.4 Å². The molecule has 1 aromatic rings. The van der Waals surface area contributed by atoms with E-state index in [1.165, 1.54) is 0 Å². The molecule has 2 aliphatic rings. The number of rotatable bonds is 3. The Balaban J connectivity index is 1.57. The highest BCUT2D eigenvalue weighted by Gasteiger charge is 2.32. The van der Waals surface area contributed by atoms with Crippen molar-refractivity contribution in [2.75, 3.05) is 24.5 Å². The normalized spacial score (nSPS) is 25.8. The molecule has 0 spiro atoms. The summed E-state index contributed by atoms with van der Waals surface area (Å²) < 4.78 is 1.67. The molecule has 1 aromatic heterocycles. The molecule has 0 bridgehead atoms. The van der Waals surface area contributed by atoms with Crippen molar-refractivity contribution in [3.8, 4) is 0 Å². The molecular weight excluding hydrogens is 282 g/mol. The zero-order valence-electron chi connectivity index (χ0n) is 12.9. The van der Waals surface area contributed by atoms with E-state index in [1.54, 1.807) is 20.7 Å². The molecule has 1 aliphatic heterocycles. The van der Waals surface area contributed by atoms with Gasteiger partial charge in [0.25, 0.3) is 0 Å². The summed E-state index contributed by atoms with van der Waals surface area (Å²) in [7, 11) is 1.82. The molecular formula is C15H23N5O2. The Kier molecular flexibility index (Phi) is 4.15. The van der Waals surface area contributed by atoms with Gasteiger partial charge in [0.15, 0.2) is 0 Å². The number of carbonyl (C=O) groups excluding carboxylic acids is 2. The highest BCUT2D eigenvalue weighted by molar-refractivity contribution is 5.97. The van der Waals surface area contributed by atoms with Gasteiger partial charge in [0.05, 0.1) is 11.9 Å². The van der Waals surface area contributed by atoms with Crippen LogP contribution in [0.5, 0.6) is 0 Å². The topological polar surface area (TPSA) is 84.5 Å². The number of nitrogens with two attached hydrogens (primary N) is 1. The Morgan fingerprint density at radius 2 is 2.23 bits per heavy atom. The fourth-order valence-electron chi connectivity index (χ4n) is 3.38. The van der Waals surface area contributed by atoms with Crippen molar-refractivity contribution in [3.63, 3.8) is 0 Å². The van der Waals surface area contributed by atoms with Crippen molar-refractivity contribution < 1.29 is 9.59 Å². The van der Waals surface area contributed by atoms with Crippen LogP contribution >= 0.6 is 0 Å². The molecule has 2 heterocycles. The van der Waals surface area contributed by atoms with Crippen LogP contribution in [0.4, 0.5) is 5.69 Å². The Bertz CT molecular complexity index is 570. The monoisotopic (exact) mass is 305 g/mol. The Labute approximate surface area is 130 Å². The van der Waals surface area contributed by atoms with Crippen LogP contribution in [0.25, 0.3) is 0 Å². The average molecular weight is 305 g/mol. The van der Waals surface area contributed by atoms with E-state index in [1.807, 2.05) is 13.2 Å². The number of aromatic nitrogens is 2. The number of hydrogen-bond donors (Lipinski definition) is 1. The fraction of sp³-hybridized carbons (Fsp3) is 0.667. The van der Waals surface area contributed by atoms with Crippen LogP contribution in [-0.4, -0.2) is 52.2 Å². The number of anilines is 1. The minimum absolute atomic E-state index is 0.0525. The van der Waals surface area contributed by atoms with Crippen molar-refractivity contribution in [2.24, 2.45) is 18.7 Å². The molecule has 120 valence electrons. The van der Waals surface area contributed by atoms with Crippen LogP contribution in [0.3, 0.4) is 0 Å². The molecule has 1 saturated carbocycles. The van der Waals surface area contributed by atoms with Crippen molar-refractivity contribution in [2.45, 2.75) is 31.7 Å². The summed E-state index contributed by atoms with van der Waals surface area (Å²) in [5, 5.41) is 4.09. The minimum atomic E-state index is -0.0525. The molecule has 0 radical (unpaired) electrons. The second-order valence-electron chi connectivity index (χ2n) is 6.29. The summed E-state index contributed by atoms with van der Waals surface area (Å²) in [5.74, 6) is 0.281. The molecule has 0 unspecified atom stereocenters. The van der Waals surface area contributed by atoms with Crippen molar-refractivity contribution in [1.29, 1.82) is 0 Å². The van der Waals surface area contributed by atoms with E-state index in [2.05, 4.69) is 5.10 Å². The molecule has 2 amide bonds. The smallest absolute Gasteiger partial charge is 0.246 e. The number of amides is 2. The summed E-state index contributed by atoms with van der Waals surface area (Å²) in [6, 6.07) is 0.135. The third-order valence-corrected chi connectivity index (χ3v) is 4.73. The maximum atomic E-state index is 12.4. The molecule has 2 atom stereocenters. The summed E-state index contributed by atoms with van der Waals surface area (Å²) in [4.78, 5) is 28.0. The number of carbonyl (C=O) groups is 2. The minimum Gasteiger partial charge on any atom is -0.332 e. The SMILES string of the molecule is Cn1cc(N2CCN(C(=O)C[C@@H]3CCC[C@H]3N)CC2=O)cn1. The summed E-state index contributed by atoms with van der Waals surface area (Å²) >= 11 is 0. The van der Waals surface area contributed by atoms with Crippen LogP contribution < -0.4 is 10.6 Å². The third-order valence-electron chi connectivity index (χ3n) is 4.73. The van der Waals surface area contributed by atoms with Gasteiger partial charge in [-0.05, 0) is 18.8 Å². The molecule has 1 saturated heterocycles. The number of nitrogens with zero attached hydrogens (tertiary/aromatic N) is 4. The van der Waals surface area contributed by atoms with Gasteiger partial charge in [-0.2, -0.15) is 5.10 Å². The largest absolute Gasteiger partial charge is 0.332 e. The van der Waals surface area contributed by atoms with E-state index in [4.69, 9.17) is 5.73 Å². The Hall–Kier alpha value is -1.89. The highest BCUT2D eigenvalue weighted by Crippen LogP contribution is 2.27. The molecule has 0 aromatic carbocycles. The predicted molar refractivity (Wildman–Crippen MR) is 82.1 cm³/mol. The van der Waals surface area contributed by atoms with E-state index in [-0.39, 0.29) is 30.3 Å². The van der Waals surface area contributed by atoms with Gasteiger partial charge in [-0.25, -0.2) is 0 Å². The second kappa shape index (κ2) is 6.08. The summed E-state index contributed by atoms with van der Waals surface area (Å²) in [5.41, 5.74) is 6.82. The number of piperazine rings is 1. The summed E-state index contributed by atoms with van der Waals surface area (Å²) in [6.45, 7) is 1.24. The first-order chi connectivity index (χ1) is 10.5. The van der Waals surface area contributed by atoms with Gasteiger partial charge in [0.2, 0.25) is 11.8 Å². The van der Waals surface area contributed by atoms with Crippen molar-refractivity contribution in [3.05, 3.63) is 12.4 Å². The average Bonchev–Trinajstić information content (AvgIpc) is 3.08. The third kappa shape index (κ3) is 2.99. The lowest BCUT2D eigenvalue weighted by Gasteiger charge is -2.34. The van der Waals surface area contributed by atoms with Crippen LogP contribution in [-0.2, 0) is 16.6 Å². The van der Waals surface area contributed by atoms with Crippen molar-refractivity contribution in [1.82, 2.24) is 14.7 Å². The summed E-state index contributed by atoms with van der Waals surface area (Å²) in [6.07, 6.45) is 7.09. The molecule has 2 fully saturated rings. The first-order valence-electron chi connectivity index (χ1n) is 7.87. The van der Waals surface area contributed by atoms with Crippen LogP contribution in [0.2, 0.25) is 0 Å². The van der Waals surface area contributed by atoms with E-state index >= 15 is 0 Å². The van der Waals surface area contributed by atoms with Gasteiger partial charge >= 0.3 is 0 Å². The first kappa shape index (κ1) is 15.0. The quantitative estimate of drug-likeness (QED) is 0.859. The van der Waals surface area contributed by atoms with Gasteiger partial charge in [0.1, 0.15) is 6.54 Å². The van der Waals surface area contributed by atoms with Gasteiger partial charge in [-0.15, -0.1) is 0 Å². The number of hydrogen-bond acceptors (Lipinski definition) is 4. The Morgan fingerprint density at radius 3 is 2.82 bits per heavy atom. The zero-order chi connectivity index (χ0) is 15.7. The van der Waals surface area contributed by atoms with Crippen LogP contribution in [0.1, 0.15) is 25.7 Å². The standard InChI is InChI=1S/C15H23N5O2/c1-18-9-12(8-17-18)20-6-5-19(10-15(20)22)14(21)7-11-3-2-4-13(11)16/h8-9,11,13H,2-7,10,16H2,1H3/t11-,13+/m0/s1. The van der Waals surface area contributed by atoms with Gasteiger partial charge in [0, 0.05) is 38.8 Å². The Morgan fingerprint density at radius 1 is 1.41 bits per heavy atom. The van der Waals surface area contributed by atoms with E-state index in [0.29, 0.717) is 19.5 Å². The molecule has 7 nitrogen and oxygen atoms in total. The second-order valence-corrected chi connectivity index (χ2v) is 6.29. The van der Waals surface area contributed by atoms with E-state index in [9.17, 15) is 9.59 Å². The van der Waals surface area contributed by atoms with Gasteiger partial charge in [-0.1, -0.05) is 6.42 Å². The molecule has 7 heteroatoms. The lowest BCUT2D eigenvalue weighted by molar-refractivity contribution is -0.137. The molecule has 2 N–H and O–H groups in total. The lowest BCUT2D eigenvalue weighted by Crippen LogP contribution is -2.52.